The molecule has 3 amide bonds. The molecule has 0 radical (unpaired) electrons. The quantitative estimate of drug-likeness (QED) is 0.764. The van der Waals surface area contributed by atoms with Crippen molar-refractivity contribution in [2.24, 2.45) is 5.92 Å². The topological polar surface area (TPSA) is 87.7 Å². The van der Waals surface area contributed by atoms with E-state index in [1.54, 1.807) is 25.7 Å². The summed E-state index contributed by atoms with van der Waals surface area (Å²) in [6.07, 6.45) is 1.47. The minimum absolute atomic E-state index is 0.0238. The van der Waals surface area contributed by atoms with E-state index in [0.717, 1.165) is 24.0 Å². The third kappa shape index (κ3) is 8.54. The summed E-state index contributed by atoms with van der Waals surface area (Å²) in [6.45, 7) is 9.17. The monoisotopic (exact) mass is 403 g/mol. The van der Waals surface area contributed by atoms with Crippen LogP contribution in [-0.2, 0) is 20.7 Å². The van der Waals surface area contributed by atoms with E-state index < -0.39 is 11.7 Å². The van der Waals surface area contributed by atoms with Gasteiger partial charge in [0.2, 0.25) is 11.8 Å². The second kappa shape index (κ2) is 10.3. The largest absolute Gasteiger partial charge is 0.444 e. The summed E-state index contributed by atoms with van der Waals surface area (Å²) in [5.41, 5.74) is 1.57. The van der Waals surface area contributed by atoms with Crippen LogP contribution in [0.15, 0.2) is 24.3 Å². The highest BCUT2D eigenvalue weighted by molar-refractivity contribution is 5.82. The molecule has 1 saturated heterocycles. The van der Waals surface area contributed by atoms with Gasteiger partial charge in [-0.15, -0.1) is 0 Å². The van der Waals surface area contributed by atoms with Crippen LogP contribution in [0.3, 0.4) is 0 Å². The van der Waals surface area contributed by atoms with Gasteiger partial charge in [0.25, 0.3) is 0 Å². The number of piperidine rings is 1. The Kier molecular flexibility index (Phi) is 8.05. The average Bonchev–Trinajstić information content (AvgIpc) is 2.63. The first-order chi connectivity index (χ1) is 13.6. The number of hydrogen-bond donors (Lipinski definition) is 2. The maximum absolute atomic E-state index is 12.3. The van der Waals surface area contributed by atoms with Crippen LogP contribution >= 0.6 is 0 Å². The van der Waals surface area contributed by atoms with Crippen LogP contribution in [0.5, 0.6) is 0 Å². The molecule has 0 aromatic heterocycles. The molecule has 0 unspecified atom stereocenters. The minimum Gasteiger partial charge on any atom is -0.444 e. The lowest BCUT2D eigenvalue weighted by atomic mass is 9.96. The second-order valence-corrected chi connectivity index (χ2v) is 8.65. The minimum atomic E-state index is -0.588. The molecule has 160 valence electrons. The highest BCUT2D eigenvalue weighted by Crippen LogP contribution is 2.16. The van der Waals surface area contributed by atoms with E-state index in [1.807, 2.05) is 31.2 Å². The predicted octanol–water partition coefficient (Wildman–Crippen LogP) is 2.42. The van der Waals surface area contributed by atoms with Gasteiger partial charge >= 0.3 is 6.09 Å². The molecule has 7 nitrogen and oxygen atoms in total. The molecule has 2 N–H and O–H groups in total. The van der Waals surface area contributed by atoms with Crippen molar-refractivity contribution in [2.75, 3.05) is 26.2 Å². The van der Waals surface area contributed by atoms with Gasteiger partial charge in [0.15, 0.2) is 0 Å². The fourth-order valence-corrected chi connectivity index (χ4v) is 3.29. The maximum atomic E-state index is 12.3. The molecule has 0 saturated carbocycles. The standard InChI is InChI=1S/C22H33N3O4/c1-16-6-5-7-18(12-16)13-19(26)23-14-17-8-10-25(11-9-17)20(27)15-24-21(28)29-22(2,3)4/h5-7,12,17H,8-11,13-15H2,1-4H3,(H,23,26)(H,24,28). The molecule has 2 rings (SSSR count). The lowest BCUT2D eigenvalue weighted by molar-refractivity contribution is -0.131. The fourth-order valence-electron chi connectivity index (χ4n) is 3.29. The molecule has 29 heavy (non-hydrogen) atoms. The Hall–Kier alpha value is -2.57. The Labute approximate surface area is 173 Å². The predicted molar refractivity (Wildman–Crippen MR) is 111 cm³/mol. The van der Waals surface area contributed by atoms with E-state index in [0.29, 0.717) is 32.0 Å². The summed E-state index contributed by atoms with van der Waals surface area (Å²) in [5.74, 6) is 0.271. The molecule has 1 heterocycles. The second-order valence-electron chi connectivity index (χ2n) is 8.65. The highest BCUT2D eigenvalue weighted by Gasteiger charge is 2.24. The molecule has 7 heteroatoms. The van der Waals surface area contributed by atoms with Crippen LogP contribution in [0.4, 0.5) is 4.79 Å². The van der Waals surface area contributed by atoms with Crippen LogP contribution < -0.4 is 10.6 Å². The Morgan fingerprint density at radius 3 is 2.45 bits per heavy atom. The molecule has 0 atom stereocenters. The summed E-state index contributed by atoms with van der Waals surface area (Å²) in [4.78, 5) is 37.8. The Morgan fingerprint density at radius 2 is 1.83 bits per heavy atom. The third-order valence-corrected chi connectivity index (χ3v) is 4.79. The Balaban J connectivity index is 1.65. The number of likely N-dealkylation sites (tertiary alicyclic amines) is 1. The van der Waals surface area contributed by atoms with E-state index in [2.05, 4.69) is 10.6 Å². The van der Waals surface area contributed by atoms with Gasteiger partial charge < -0.3 is 20.3 Å². The van der Waals surface area contributed by atoms with E-state index in [-0.39, 0.29) is 18.4 Å². The normalized spacial score (nSPS) is 15.0. The number of carbonyl (C=O) groups is 3. The summed E-state index contributed by atoms with van der Waals surface area (Å²) in [7, 11) is 0. The average molecular weight is 404 g/mol. The number of amides is 3. The number of hydrogen-bond acceptors (Lipinski definition) is 4. The number of carbonyl (C=O) groups excluding carboxylic acids is 3. The van der Waals surface area contributed by atoms with Crippen molar-refractivity contribution in [3.8, 4) is 0 Å². The maximum Gasteiger partial charge on any atom is 0.408 e. The summed E-state index contributed by atoms with van der Waals surface area (Å²) < 4.78 is 5.13. The highest BCUT2D eigenvalue weighted by atomic mass is 16.6. The first kappa shape index (κ1) is 22.7. The lowest BCUT2D eigenvalue weighted by Crippen LogP contribution is -2.46. The molecule has 1 aliphatic rings. The molecule has 0 spiro atoms. The number of alkyl carbamates (subject to hydrolysis) is 1. The number of benzene rings is 1. The summed E-state index contributed by atoms with van der Waals surface area (Å²) in [6, 6.07) is 7.96. The van der Waals surface area contributed by atoms with E-state index in [1.165, 1.54) is 0 Å². The molecule has 1 aliphatic heterocycles. The van der Waals surface area contributed by atoms with E-state index in [9.17, 15) is 14.4 Å². The zero-order valence-electron chi connectivity index (χ0n) is 17.9. The Bertz CT molecular complexity index is 719. The fraction of sp³-hybridized carbons (Fsp3) is 0.591. The van der Waals surface area contributed by atoms with Crippen LogP contribution in [0, 0.1) is 12.8 Å². The van der Waals surface area contributed by atoms with Gasteiger partial charge in [-0.2, -0.15) is 0 Å². The van der Waals surface area contributed by atoms with Crippen molar-refractivity contribution in [3.05, 3.63) is 35.4 Å². The number of ether oxygens (including phenoxy) is 1. The van der Waals surface area contributed by atoms with E-state index in [4.69, 9.17) is 4.74 Å². The van der Waals surface area contributed by atoms with Gasteiger partial charge in [-0.05, 0) is 52.0 Å². The summed E-state index contributed by atoms with van der Waals surface area (Å²) in [5, 5.41) is 5.52. The number of aryl methyl sites for hydroxylation is 1. The molecule has 1 fully saturated rings. The van der Waals surface area contributed by atoms with Gasteiger partial charge in [-0.3, -0.25) is 9.59 Å². The molecule has 0 bridgehead atoms. The third-order valence-electron chi connectivity index (χ3n) is 4.79. The van der Waals surface area contributed by atoms with Crippen molar-refractivity contribution < 1.29 is 19.1 Å². The van der Waals surface area contributed by atoms with E-state index >= 15 is 0 Å². The van der Waals surface area contributed by atoms with Crippen LogP contribution in [0.1, 0.15) is 44.7 Å². The van der Waals surface area contributed by atoms with Gasteiger partial charge in [-0.1, -0.05) is 29.8 Å². The number of rotatable bonds is 6. The Morgan fingerprint density at radius 1 is 1.14 bits per heavy atom. The van der Waals surface area contributed by atoms with Crippen molar-refractivity contribution in [3.63, 3.8) is 0 Å². The lowest BCUT2D eigenvalue weighted by Gasteiger charge is -2.32. The van der Waals surface area contributed by atoms with Crippen molar-refractivity contribution in [1.82, 2.24) is 15.5 Å². The zero-order valence-corrected chi connectivity index (χ0v) is 17.9. The molecule has 0 aliphatic carbocycles. The van der Waals surface area contributed by atoms with Crippen LogP contribution in [0.25, 0.3) is 0 Å². The first-order valence-electron chi connectivity index (χ1n) is 10.2. The van der Waals surface area contributed by atoms with Crippen LogP contribution in [0.2, 0.25) is 0 Å². The van der Waals surface area contributed by atoms with Gasteiger partial charge in [-0.25, -0.2) is 4.79 Å². The van der Waals surface area contributed by atoms with Gasteiger partial charge in [0.1, 0.15) is 12.1 Å². The summed E-state index contributed by atoms with van der Waals surface area (Å²) >= 11 is 0. The van der Waals surface area contributed by atoms with Gasteiger partial charge in [0.05, 0.1) is 6.42 Å². The van der Waals surface area contributed by atoms with Gasteiger partial charge in [0, 0.05) is 19.6 Å². The number of nitrogens with zero attached hydrogens (tertiary/aromatic N) is 1. The first-order valence-corrected chi connectivity index (χ1v) is 10.2. The number of nitrogens with one attached hydrogen (secondary N) is 2. The molecule has 1 aromatic carbocycles. The SMILES string of the molecule is Cc1cccc(CC(=O)NCC2CCN(C(=O)CNC(=O)OC(C)(C)C)CC2)c1. The van der Waals surface area contributed by atoms with Crippen molar-refractivity contribution in [2.45, 2.75) is 52.6 Å². The van der Waals surface area contributed by atoms with Crippen molar-refractivity contribution >= 4 is 17.9 Å². The smallest absolute Gasteiger partial charge is 0.408 e. The molecular formula is C22H33N3O4. The van der Waals surface area contributed by atoms with Crippen molar-refractivity contribution in [1.29, 1.82) is 0 Å². The molecular weight excluding hydrogens is 370 g/mol. The molecule has 1 aromatic rings. The van der Waals surface area contributed by atoms with Crippen LogP contribution in [-0.4, -0.2) is 54.6 Å². The zero-order chi connectivity index (χ0) is 21.4.